The first kappa shape index (κ1) is 21.4. The number of para-hydroxylation sites is 2. The minimum absolute atomic E-state index is 0.213. The van der Waals surface area contributed by atoms with Gasteiger partial charge in [0.05, 0.1) is 0 Å². The Hall–Kier alpha value is -3.35. The number of anilines is 1. The first-order chi connectivity index (χ1) is 14.6. The van der Waals surface area contributed by atoms with Crippen LogP contribution in [0.4, 0.5) is 10.5 Å². The fraction of sp³-hybridized carbons (Fsp3) is 0.348. The van der Waals surface area contributed by atoms with E-state index in [9.17, 15) is 14.4 Å². The second-order valence-corrected chi connectivity index (χ2v) is 7.29. The number of nitrogens with one attached hydrogen (secondary N) is 2. The molecular weight excluding hydrogens is 382 g/mol. The minimum atomic E-state index is -0.667. The van der Waals surface area contributed by atoms with Crippen LogP contribution in [0.5, 0.6) is 5.75 Å². The van der Waals surface area contributed by atoms with Crippen molar-refractivity contribution in [1.82, 2.24) is 10.2 Å². The Labute approximate surface area is 176 Å². The highest BCUT2D eigenvalue weighted by molar-refractivity contribution is 6.39. The number of carbonyl (C=O) groups is 3. The summed E-state index contributed by atoms with van der Waals surface area (Å²) >= 11 is 0. The molecule has 1 aliphatic rings. The number of rotatable bonds is 5. The summed E-state index contributed by atoms with van der Waals surface area (Å²) < 4.78 is 5.36. The fourth-order valence-corrected chi connectivity index (χ4v) is 3.42. The minimum Gasteiger partial charge on any atom is -0.410 e. The van der Waals surface area contributed by atoms with Crippen molar-refractivity contribution in [3.05, 3.63) is 60.2 Å². The van der Waals surface area contributed by atoms with E-state index in [-0.39, 0.29) is 12.0 Å². The summed E-state index contributed by atoms with van der Waals surface area (Å²) in [4.78, 5) is 38.2. The van der Waals surface area contributed by atoms with Crippen molar-refractivity contribution < 1.29 is 19.1 Å². The van der Waals surface area contributed by atoms with Crippen molar-refractivity contribution in [3.8, 4) is 5.75 Å². The lowest BCUT2D eigenvalue weighted by atomic mass is 9.97. The Balaban J connectivity index is 1.40. The third-order valence-electron chi connectivity index (χ3n) is 5.23. The first-order valence-electron chi connectivity index (χ1n) is 10.3. The lowest BCUT2D eigenvalue weighted by molar-refractivity contribution is -0.136. The van der Waals surface area contributed by atoms with Gasteiger partial charge < -0.3 is 20.3 Å². The predicted molar refractivity (Wildman–Crippen MR) is 114 cm³/mol. The number of hydrogen-bond acceptors (Lipinski definition) is 4. The average molecular weight is 409 g/mol. The van der Waals surface area contributed by atoms with Crippen LogP contribution in [0, 0.1) is 5.92 Å². The Morgan fingerprint density at radius 3 is 2.33 bits per heavy atom. The Morgan fingerprint density at radius 2 is 1.63 bits per heavy atom. The largest absolute Gasteiger partial charge is 0.415 e. The van der Waals surface area contributed by atoms with Crippen molar-refractivity contribution in [2.24, 2.45) is 5.92 Å². The van der Waals surface area contributed by atoms with E-state index in [1.165, 1.54) is 0 Å². The fourth-order valence-electron chi connectivity index (χ4n) is 3.42. The molecule has 1 aliphatic heterocycles. The zero-order chi connectivity index (χ0) is 21.3. The Bertz CT molecular complexity index is 877. The van der Waals surface area contributed by atoms with E-state index in [2.05, 4.69) is 10.6 Å². The van der Waals surface area contributed by atoms with Gasteiger partial charge in [0.15, 0.2) is 0 Å². The third-order valence-corrected chi connectivity index (χ3v) is 5.23. The molecule has 3 amide bonds. The number of ether oxygens (including phenoxy) is 1. The van der Waals surface area contributed by atoms with Crippen LogP contribution < -0.4 is 15.4 Å². The van der Waals surface area contributed by atoms with Gasteiger partial charge in [-0.1, -0.05) is 43.3 Å². The summed E-state index contributed by atoms with van der Waals surface area (Å²) in [6, 6.07) is 16.4. The Kier molecular flexibility index (Phi) is 7.43. The Morgan fingerprint density at radius 1 is 0.967 bits per heavy atom. The number of benzene rings is 2. The molecule has 30 heavy (non-hydrogen) atoms. The molecule has 2 aromatic carbocycles. The smallest absolute Gasteiger partial charge is 0.410 e. The molecule has 1 fully saturated rings. The van der Waals surface area contributed by atoms with E-state index < -0.39 is 11.8 Å². The normalized spacial score (nSPS) is 14.1. The topological polar surface area (TPSA) is 87.7 Å². The summed E-state index contributed by atoms with van der Waals surface area (Å²) in [5, 5.41) is 5.38. The first-order valence-corrected chi connectivity index (χ1v) is 10.3. The van der Waals surface area contributed by atoms with Crippen LogP contribution in [0.25, 0.3) is 0 Å². The van der Waals surface area contributed by atoms with Gasteiger partial charge in [0.1, 0.15) is 5.75 Å². The molecule has 1 saturated heterocycles. The maximum atomic E-state index is 12.2. The highest BCUT2D eigenvalue weighted by Gasteiger charge is 2.25. The standard InChI is InChI=1S/C23H27N3O4/c1-2-18-8-6-7-11-20(18)25-22(28)21(27)24-16-17-12-14-26(15-13-17)23(29)30-19-9-4-3-5-10-19/h3-11,17H,2,12-16H2,1H3,(H,24,27)(H,25,28). The molecule has 2 N–H and O–H groups in total. The molecule has 7 nitrogen and oxygen atoms in total. The van der Waals surface area contributed by atoms with Gasteiger partial charge in [-0.25, -0.2) is 4.79 Å². The van der Waals surface area contributed by atoms with Crippen LogP contribution in [-0.2, 0) is 16.0 Å². The van der Waals surface area contributed by atoms with Gasteiger partial charge in [-0.2, -0.15) is 0 Å². The van der Waals surface area contributed by atoms with Crippen LogP contribution >= 0.6 is 0 Å². The molecule has 158 valence electrons. The number of aryl methyl sites for hydroxylation is 1. The number of nitrogens with zero attached hydrogens (tertiary/aromatic N) is 1. The molecule has 0 bridgehead atoms. The summed E-state index contributed by atoms with van der Waals surface area (Å²) in [5.74, 6) is -0.579. The molecule has 0 aromatic heterocycles. The molecule has 0 unspecified atom stereocenters. The van der Waals surface area contributed by atoms with Crippen LogP contribution in [0.3, 0.4) is 0 Å². The zero-order valence-electron chi connectivity index (χ0n) is 17.1. The van der Waals surface area contributed by atoms with E-state index in [4.69, 9.17) is 4.74 Å². The SMILES string of the molecule is CCc1ccccc1NC(=O)C(=O)NCC1CCN(C(=O)Oc2ccccc2)CC1. The monoisotopic (exact) mass is 409 g/mol. The van der Waals surface area contributed by atoms with Crippen LogP contribution in [0.2, 0.25) is 0 Å². The highest BCUT2D eigenvalue weighted by Crippen LogP contribution is 2.19. The predicted octanol–water partition coefficient (Wildman–Crippen LogP) is 3.21. The average Bonchev–Trinajstić information content (AvgIpc) is 2.78. The van der Waals surface area contributed by atoms with E-state index in [0.717, 1.165) is 24.8 Å². The molecule has 3 rings (SSSR count). The molecule has 7 heteroatoms. The number of likely N-dealkylation sites (tertiary alicyclic amines) is 1. The lowest BCUT2D eigenvalue weighted by Crippen LogP contribution is -2.44. The summed E-state index contributed by atoms with van der Waals surface area (Å²) in [5.41, 5.74) is 1.64. The van der Waals surface area contributed by atoms with E-state index in [1.807, 2.05) is 43.3 Å². The number of piperidine rings is 1. The van der Waals surface area contributed by atoms with E-state index in [0.29, 0.717) is 31.1 Å². The summed E-state index contributed by atoms with van der Waals surface area (Å²) in [6.45, 7) is 3.51. The van der Waals surface area contributed by atoms with Gasteiger partial charge in [0, 0.05) is 25.3 Å². The van der Waals surface area contributed by atoms with Crippen molar-refractivity contribution in [1.29, 1.82) is 0 Å². The molecule has 0 spiro atoms. The van der Waals surface area contributed by atoms with Gasteiger partial charge in [0.2, 0.25) is 0 Å². The maximum Gasteiger partial charge on any atom is 0.415 e. The van der Waals surface area contributed by atoms with E-state index >= 15 is 0 Å². The quantitative estimate of drug-likeness (QED) is 0.743. The number of hydrogen-bond donors (Lipinski definition) is 2. The molecular formula is C23H27N3O4. The number of carbonyl (C=O) groups excluding carboxylic acids is 3. The van der Waals surface area contributed by atoms with Crippen molar-refractivity contribution in [2.45, 2.75) is 26.2 Å². The molecule has 0 aliphatic carbocycles. The highest BCUT2D eigenvalue weighted by atomic mass is 16.6. The van der Waals surface area contributed by atoms with Gasteiger partial charge >= 0.3 is 17.9 Å². The molecule has 0 saturated carbocycles. The molecule has 0 radical (unpaired) electrons. The second-order valence-electron chi connectivity index (χ2n) is 7.29. The van der Waals surface area contributed by atoms with E-state index in [1.54, 1.807) is 23.1 Å². The zero-order valence-corrected chi connectivity index (χ0v) is 17.1. The maximum absolute atomic E-state index is 12.2. The summed E-state index contributed by atoms with van der Waals surface area (Å²) in [6.07, 6.45) is 1.88. The lowest BCUT2D eigenvalue weighted by Gasteiger charge is -2.31. The molecule has 2 aromatic rings. The van der Waals surface area contributed by atoms with Crippen molar-refractivity contribution >= 4 is 23.6 Å². The summed E-state index contributed by atoms with van der Waals surface area (Å²) in [7, 11) is 0. The number of amides is 3. The third kappa shape index (κ3) is 5.83. The van der Waals surface area contributed by atoms with Crippen molar-refractivity contribution in [2.75, 3.05) is 25.0 Å². The van der Waals surface area contributed by atoms with Gasteiger partial charge in [0.25, 0.3) is 0 Å². The van der Waals surface area contributed by atoms with Gasteiger partial charge in [-0.3, -0.25) is 9.59 Å². The molecule has 1 heterocycles. The van der Waals surface area contributed by atoms with Crippen LogP contribution in [0.15, 0.2) is 54.6 Å². The van der Waals surface area contributed by atoms with Gasteiger partial charge in [-0.05, 0) is 48.9 Å². The second kappa shape index (κ2) is 10.4. The van der Waals surface area contributed by atoms with Gasteiger partial charge in [-0.15, -0.1) is 0 Å². The van der Waals surface area contributed by atoms with Crippen molar-refractivity contribution in [3.63, 3.8) is 0 Å². The van der Waals surface area contributed by atoms with Crippen LogP contribution in [-0.4, -0.2) is 42.4 Å². The van der Waals surface area contributed by atoms with Crippen LogP contribution in [0.1, 0.15) is 25.3 Å². The molecule has 0 atom stereocenters.